The molecule has 0 radical (unpaired) electrons. The van der Waals surface area contributed by atoms with Crippen molar-refractivity contribution in [2.45, 2.75) is 64.7 Å². The van der Waals surface area contributed by atoms with Gasteiger partial charge in [0.1, 0.15) is 17.1 Å². The fraction of sp³-hybridized carbons (Fsp3) is 0.486. The Balaban J connectivity index is 1.34. The van der Waals surface area contributed by atoms with Gasteiger partial charge in [-0.3, -0.25) is 9.59 Å². The molecule has 7 rings (SSSR count). The zero-order valence-corrected chi connectivity index (χ0v) is 26.3. The Kier molecular flexibility index (Phi) is 7.52. The van der Waals surface area contributed by atoms with Crippen LogP contribution >= 0.6 is 0 Å². The lowest BCUT2D eigenvalue weighted by molar-refractivity contribution is -0.131. The number of benzene rings is 1. The second kappa shape index (κ2) is 11.5. The van der Waals surface area contributed by atoms with E-state index < -0.39 is 0 Å². The van der Waals surface area contributed by atoms with Crippen molar-refractivity contribution < 1.29 is 14.3 Å². The zero-order chi connectivity index (χ0) is 31.4. The zero-order valence-electron chi connectivity index (χ0n) is 26.3. The summed E-state index contributed by atoms with van der Waals surface area (Å²) in [6.45, 7) is 11.1. The number of hydrogen-bond acceptors (Lipinski definition) is 6. The number of methoxy groups -OCH3 is 1. The lowest BCUT2D eigenvalue weighted by Crippen LogP contribution is -2.51. The number of piperidine rings is 1. The van der Waals surface area contributed by atoms with E-state index in [9.17, 15) is 9.59 Å². The number of rotatable bonds is 9. The van der Waals surface area contributed by atoms with Gasteiger partial charge in [-0.1, -0.05) is 18.6 Å². The molecule has 0 spiro atoms. The molecule has 10 nitrogen and oxygen atoms in total. The smallest absolute Gasteiger partial charge is 0.298 e. The number of nitrogens with two attached hydrogens (primary N) is 1. The van der Waals surface area contributed by atoms with E-state index >= 15 is 0 Å². The number of likely N-dealkylation sites (tertiary alicyclic amines) is 2. The highest BCUT2D eigenvalue weighted by Gasteiger charge is 2.47. The summed E-state index contributed by atoms with van der Waals surface area (Å²) in [5.74, 6) is 8.64. The topological polar surface area (TPSA) is 111 Å². The normalized spacial score (nSPS) is 22.6. The lowest BCUT2D eigenvalue weighted by atomic mass is 9.99. The summed E-state index contributed by atoms with van der Waals surface area (Å²) < 4.78 is 10.5. The molecule has 2 aliphatic carbocycles. The van der Waals surface area contributed by atoms with Crippen LogP contribution in [0.1, 0.15) is 55.5 Å². The SMILES string of the molecule is C=Cc1cc(-c2nc3cc(C(=O)N4CC5CCC4[C@@H]5N)cc(OC)c3n2CC2CN(C(=O)C#CC)C2)n(CC2CC2)c1/N=C\C. The van der Waals surface area contributed by atoms with Crippen molar-refractivity contribution in [1.29, 1.82) is 0 Å². The van der Waals surface area contributed by atoms with Crippen LogP contribution in [0.3, 0.4) is 0 Å². The third-order valence-electron chi connectivity index (χ3n) is 10.0. The first-order valence-electron chi connectivity index (χ1n) is 16.1. The summed E-state index contributed by atoms with van der Waals surface area (Å²) in [7, 11) is 1.64. The van der Waals surface area contributed by atoms with Gasteiger partial charge in [0.15, 0.2) is 5.82 Å². The Morgan fingerprint density at radius 2 is 1.89 bits per heavy atom. The van der Waals surface area contributed by atoms with Crippen molar-refractivity contribution in [2.24, 2.45) is 28.5 Å². The Labute approximate surface area is 263 Å². The molecule has 4 heterocycles. The van der Waals surface area contributed by atoms with E-state index in [-0.39, 0.29) is 29.8 Å². The minimum Gasteiger partial charge on any atom is -0.494 e. The molecule has 2 amide bonds. The van der Waals surface area contributed by atoms with Crippen LogP contribution in [0.2, 0.25) is 0 Å². The van der Waals surface area contributed by atoms with Crippen LogP contribution in [-0.4, -0.2) is 80.8 Å². The highest BCUT2D eigenvalue weighted by molar-refractivity contribution is 6.00. The summed E-state index contributed by atoms with van der Waals surface area (Å²) in [4.78, 5) is 40.0. The quantitative estimate of drug-likeness (QED) is 0.288. The molecule has 1 aromatic carbocycles. The first-order valence-corrected chi connectivity index (χ1v) is 16.1. The number of carbonyl (C=O) groups excluding carboxylic acids is 2. The van der Waals surface area contributed by atoms with Gasteiger partial charge in [-0.25, -0.2) is 9.98 Å². The molecule has 4 aliphatic rings. The maximum absolute atomic E-state index is 13.9. The van der Waals surface area contributed by atoms with Crippen molar-refractivity contribution in [3.8, 4) is 29.1 Å². The molecule has 2 saturated carbocycles. The molecule has 2 aromatic heterocycles. The Hall–Kier alpha value is -4.36. The van der Waals surface area contributed by atoms with E-state index in [1.54, 1.807) is 18.9 Å². The van der Waals surface area contributed by atoms with Gasteiger partial charge in [-0.2, -0.15) is 0 Å². The summed E-state index contributed by atoms with van der Waals surface area (Å²) in [5, 5.41) is 0. The standard InChI is InChI=1S/C35H41N7O3/c1-5-8-30(43)39-16-22(17-39)19-42-32-26(13-25(15-29(32)45-4)35(44)41-20-24-11-12-27(41)31(24)36)38-34(42)28-14-23(6-2)33(37-7-3)40(28)18-21-9-10-21/h6-7,13-15,21-22,24,27,31H,2,9-12,16-20,36H2,1,3-4H3/b37-7-/t24?,27?,31-/m1/s1. The van der Waals surface area contributed by atoms with Gasteiger partial charge >= 0.3 is 0 Å². The minimum absolute atomic E-state index is 0.0234. The number of hydrogen-bond donors (Lipinski definition) is 1. The molecule has 2 N–H and O–H groups in total. The maximum Gasteiger partial charge on any atom is 0.298 e. The highest BCUT2D eigenvalue weighted by atomic mass is 16.5. The first-order chi connectivity index (χ1) is 21.8. The second-order valence-electron chi connectivity index (χ2n) is 12.9. The monoisotopic (exact) mass is 607 g/mol. The number of fused-ring (bicyclic) bond motifs is 3. The molecule has 2 bridgehead atoms. The number of amides is 2. The number of nitrogens with zero attached hydrogens (tertiary/aromatic N) is 6. The Morgan fingerprint density at radius 1 is 1.11 bits per heavy atom. The van der Waals surface area contributed by atoms with E-state index in [0.29, 0.717) is 54.8 Å². The summed E-state index contributed by atoms with van der Waals surface area (Å²) in [6.07, 6.45) is 8.08. The average molecular weight is 608 g/mol. The number of aliphatic imine (C=N–C) groups is 1. The molecule has 3 aromatic rings. The first kappa shape index (κ1) is 29.4. The van der Waals surface area contributed by atoms with E-state index in [2.05, 4.69) is 33.6 Å². The van der Waals surface area contributed by atoms with Crippen LogP contribution in [-0.2, 0) is 17.9 Å². The maximum atomic E-state index is 13.9. The molecule has 2 unspecified atom stereocenters. The Morgan fingerprint density at radius 3 is 2.51 bits per heavy atom. The van der Waals surface area contributed by atoms with Gasteiger partial charge < -0.3 is 29.4 Å². The fourth-order valence-corrected chi connectivity index (χ4v) is 7.53. The summed E-state index contributed by atoms with van der Waals surface area (Å²) in [6, 6.07) is 5.99. The highest BCUT2D eigenvalue weighted by Crippen LogP contribution is 2.42. The van der Waals surface area contributed by atoms with Gasteiger partial charge in [-0.15, -0.1) is 0 Å². The van der Waals surface area contributed by atoms with E-state index in [1.165, 1.54) is 12.8 Å². The minimum atomic E-state index is -0.142. The van der Waals surface area contributed by atoms with E-state index in [1.807, 2.05) is 36.2 Å². The second-order valence-corrected chi connectivity index (χ2v) is 12.9. The molecule has 45 heavy (non-hydrogen) atoms. The third kappa shape index (κ3) is 5.03. The lowest BCUT2D eigenvalue weighted by Gasteiger charge is -2.38. The van der Waals surface area contributed by atoms with Crippen LogP contribution in [0.25, 0.3) is 28.6 Å². The van der Waals surface area contributed by atoms with Gasteiger partial charge in [-0.05, 0) is 75.5 Å². The van der Waals surface area contributed by atoms with Crippen molar-refractivity contribution in [1.82, 2.24) is 23.9 Å². The number of aromatic nitrogens is 3. The van der Waals surface area contributed by atoms with Crippen molar-refractivity contribution in [2.75, 3.05) is 26.7 Å². The average Bonchev–Trinajstić information content (AvgIpc) is 3.40. The van der Waals surface area contributed by atoms with Gasteiger partial charge in [0.2, 0.25) is 0 Å². The molecule has 4 fully saturated rings. The summed E-state index contributed by atoms with van der Waals surface area (Å²) in [5.41, 5.74) is 10.4. The van der Waals surface area contributed by atoms with Crippen LogP contribution in [0.15, 0.2) is 29.8 Å². The van der Waals surface area contributed by atoms with Crippen molar-refractivity contribution in [3.63, 3.8) is 0 Å². The van der Waals surface area contributed by atoms with Crippen LogP contribution < -0.4 is 10.5 Å². The van der Waals surface area contributed by atoms with E-state index in [4.69, 9.17) is 20.4 Å². The molecule has 234 valence electrons. The molecule has 2 saturated heterocycles. The third-order valence-corrected chi connectivity index (χ3v) is 10.0. The van der Waals surface area contributed by atoms with Crippen molar-refractivity contribution in [3.05, 3.63) is 35.9 Å². The van der Waals surface area contributed by atoms with Crippen LogP contribution in [0.4, 0.5) is 5.82 Å². The molecule has 3 atom stereocenters. The van der Waals surface area contributed by atoms with Gasteiger partial charge in [0.05, 0.1) is 18.3 Å². The van der Waals surface area contributed by atoms with Gasteiger partial charge in [0.25, 0.3) is 11.8 Å². The van der Waals surface area contributed by atoms with Gasteiger partial charge in [0, 0.05) is 68.1 Å². The fourth-order valence-electron chi connectivity index (χ4n) is 7.53. The Bertz CT molecular complexity index is 1780. The van der Waals surface area contributed by atoms with E-state index in [0.717, 1.165) is 47.8 Å². The molecule has 10 heteroatoms. The van der Waals surface area contributed by atoms with Crippen LogP contribution in [0.5, 0.6) is 5.75 Å². The van der Waals surface area contributed by atoms with Crippen molar-refractivity contribution >= 4 is 41.0 Å². The molecular weight excluding hydrogens is 566 g/mol. The molecular formula is C35H41N7O3. The summed E-state index contributed by atoms with van der Waals surface area (Å²) >= 11 is 0. The number of ether oxygens (including phenoxy) is 1. The van der Waals surface area contributed by atoms with Crippen LogP contribution in [0, 0.1) is 29.6 Å². The predicted octanol–water partition coefficient (Wildman–Crippen LogP) is 4.33. The largest absolute Gasteiger partial charge is 0.494 e. The molecule has 2 aliphatic heterocycles. The number of imidazole rings is 1. The number of carbonyl (C=O) groups is 2. The predicted molar refractivity (Wildman–Crippen MR) is 175 cm³/mol.